The van der Waals surface area contributed by atoms with Crippen molar-refractivity contribution in [3.05, 3.63) is 76.3 Å². The van der Waals surface area contributed by atoms with E-state index < -0.39 is 5.91 Å². The zero-order valence-electron chi connectivity index (χ0n) is 18.3. The van der Waals surface area contributed by atoms with Gasteiger partial charge in [0.25, 0.3) is 5.91 Å². The zero-order valence-corrected chi connectivity index (χ0v) is 19.1. The fourth-order valence-electron chi connectivity index (χ4n) is 3.21. The molecule has 0 spiro atoms. The summed E-state index contributed by atoms with van der Waals surface area (Å²) in [5.41, 5.74) is 1.57. The van der Waals surface area contributed by atoms with Gasteiger partial charge in [-0.25, -0.2) is 0 Å². The van der Waals surface area contributed by atoms with Crippen molar-refractivity contribution in [2.75, 3.05) is 6.61 Å². The number of carbonyl (C=O) groups excluding carboxylic acids is 1. The molecule has 1 amide bonds. The second kappa shape index (κ2) is 10.7. The molecular weight excluding hydrogens is 424 g/mol. The van der Waals surface area contributed by atoms with E-state index in [2.05, 4.69) is 29.6 Å². The molecule has 5 nitrogen and oxygen atoms in total. The fourth-order valence-corrected chi connectivity index (χ4v) is 3.49. The van der Waals surface area contributed by atoms with Crippen molar-refractivity contribution >= 4 is 34.4 Å². The molecule has 0 saturated heterocycles. The van der Waals surface area contributed by atoms with Gasteiger partial charge in [-0.1, -0.05) is 48.0 Å². The Hall–Kier alpha value is -3.49. The maximum absolute atomic E-state index is 12.2. The minimum atomic E-state index is -0.437. The van der Waals surface area contributed by atoms with Crippen molar-refractivity contribution in [1.82, 2.24) is 5.32 Å². The van der Waals surface area contributed by atoms with Crippen LogP contribution in [-0.2, 0) is 11.4 Å². The molecule has 0 aliphatic rings. The summed E-state index contributed by atoms with van der Waals surface area (Å²) in [5.74, 6) is 0.436. The van der Waals surface area contributed by atoms with E-state index in [1.54, 1.807) is 12.1 Å². The highest BCUT2D eigenvalue weighted by molar-refractivity contribution is 6.32. The van der Waals surface area contributed by atoms with Crippen LogP contribution in [0.3, 0.4) is 0 Å². The van der Waals surface area contributed by atoms with Gasteiger partial charge in [0.15, 0.2) is 11.5 Å². The van der Waals surface area contributed by atoms with Gasteiger partial charge in [0, 0.05) is 6.04 Å². The number of amides is 1. The smallest absolute Gasteiger partial charge is 0.262 e. The number of nitrogens with zero attached hydrogens (tertiary/aromatic N) is 1. The largest absolute Gasteiger partial charge is 0.490 e. The van der Waals surface area contributed by atoms with Crippen LogP contribution < -0.4 is 14.8 Å². The number of halogens is 1. The highest BCUT2D eigenvalue weighted by Crippen LogP contribution is 2.38. The number of nitrogens with one attached hydrogen (secondary N) is 1. The first-order chi connectivity index (χ1) is 15.4. The number of carbonyl (C=O) groups is 1. The average molecular weight is 449 g/mol. The maximum atomic E-state index is 12.2. The first-order valence-corrected chi connectivity index (χ1v) is 10.8. The van der Waals surface area contributed by atoms with Crippen molar-refractivity contribution in [3.63, 3.8) is 0 Å². The molecule has 0 bridgehead atoms. The monoisotopic (exact) mass is 448 g/mol. The van der Waals surface area contributed by atoms with Gasteiger partial charge in [-0.3, -0.25) is 4.79 Å². The summed E-state index contributed by atoms with van der Waals surface area (Å²) in [7, 11) is 0. The van der Waals surface area contributed by atoms with Crippen molar-refractivity contribution in [1.29, 1.82) is 5.26 Å². The number of ether oxygens (including phenoxy) is 2. The highest BCUT2D eigenvalue weighted by Gasteiger charge is 2.15. The molecule has 1 N–H and O–H groups in total. The predicted octanol–water partition coefficient (Wildman–Crippen LogP) is 5.90. The summed E-state index contributed by atoms with van der Waals surface area (Å²) in [6.07, 6.45) is 1.49. The molecule has 6 heteroatoms. The third-order valence-corrected chi connectivity index (χ3v) is 4.91. The Kier molecular flexibility index (Phi) is 7.75. The lowest BCUT2D eigenvalue weighted by Crippen LogP contribution is -2.30. The summed E-state index contributed by atoms with van der Waals surface area (Å²) in [6, 6.07) is 19.5. The van der Waals surface area contributed by atoms with Crippen LogP contribution in [0.25, 0.3) is 16.8 Å². The van der Waals surface area contributed by atoms with Gasteiger partial charge in [-0.2, -0.15) is 5.26 Å². The predicted molar refractivity (Wildman–Crippen MR) is 128 cm³/mol. The molecule has 0 radical (unpaired) electrons. The summed E-state index contributed by atoms with van der Waals surface area (Å²) in [4.78, 5) is 12.2. The van der Waals surface area contributed by atoms with E-state index in [1.807, 2.05) is 45.0 Å². The first-order valence-electron chi connectivity index (χ1n) is 10.4. The minimum Gasteiger partial charge on any atom is -0.490 e. The quantitative estimate of drug-likeness (QED) is 0.344. The van der Waals surface area contributed by atoms with Crippen LogP contribution in [0.2, 0.25) is 5.02 Å². The number of fused-ring (bicyclic) bond motifs is 1. The summed E-state index contributed by atoms with van der Waals surface area (Å²) in [5, 5.41) is 14.7. The van der Waals surface area contributed by atoms with Crippen molar-refractivity contribution in [3.8, 4) is 17.6 Å². The van der Waals surface area contributed by atoms with Crippen molar-refractivity contribution in [2.24, 2.45) is 0 Å². The van der Waals surface area contributed by atoms with Crippen molar-refractivity contribution in [2.45, 2.75) is 33.4 Å². The Morgan fingerprint density at radius 1 is 1.12 bits per heavy atom. The standard InChI is InChI=1S/C26H25ClN2O3/c1-4-31-24-14-19(12-22(15-28)26(30)29-17(2)3)13-23(27)25(24)32-16-18-9-10-20-7-5-6-8-21(20)11-18/h5-14,17H,4,16H2,1-3H3,(H,29,30)/b22-12-. The lowest BCUT2D eigenvalue weighted by molar-refractivity contribution is -0.117. The van der Waals surface area contributed by atoms with Gasteiger partial charge in [0.1, 0.15) is 18.2 Å². The molecule has 0 aliphatic carbocycles. The van der Waals surface area contributed by atoms with Gasteiger partial charge < -0.3 is 14.8 Å². The molecule has 0 heterocycles. The lowest BCUT2D eigenvalue weighted by Gasteiger charge is -2.15. The first kappa shape index (κ1) is 23.2. The third kappa shape index (κ3) is 5.81. The third-order valence-electron chi connectivity index (χ3n) is 4.62. The minimum absolute atomic E-state index is 0.0120. The van der Waals surface area contributed by atoms with Gasteiger partial charge in [-0.15, -0.1) is 0 Å². The van der Waals surface area contributed by atoms with Gasteiger partial charge >= 0.3 is 0 Å². The lowest BCUT2D eigenvalue weighted by atomic mass is 10.1. The van der Waals surface area contributed by atoms with Gasteiger partial charge in [0.05, 0.1) is 11.6 Å². The maximum Gasteiger partial charge on any atom is 0.262 e. The number of nitriles is 1. The molecule has 0 atom stereocenters. The molecule has 3 aromatic carbocycles. The molecular formula is C26H25ClN2O3. The van der Waals surface area contributed by atoms with Crippen LogP contribution >= 0.6 is 11.6 Å². The Morgan fingerprint density at radius 3 is 2.56 bits per heavy atom. The van der Waals surface area contributed by atoms with E-state index in [4.69, 9.17) is 21.1 Å². The normalized spacial score (nSPS) is 11.3. The molecule has 0 fully saturated rings. The number of hydrogen-bond acceptors (Lipinski definition) is 4. The van der Waals surface area contributed by atoms with E-state index in [-0.39, 0.29) is 11.6 Å². The summed E-state index contributed by atoms with van der Waals surface area (Å²) >= 11 is 6.50. The molecule has 3 rings (SSSR count). The highest BCUT2D eigenvalue weighted by atomic mass is 35.5. The van der Waals surface area contributed by atoms with Gasteiger partial charge in [-0.05, 0) is 66.9 Å². The topological polar surface area (TPSA) is 71.3 Å². The molecule has 0 saturated carbocycles. The Balaban J connectivity index is 1.87. The van der Waals surface area contributed by atoms with E-state index >= 15 is 0 Å². The summed E-state index contributed by atoms with van der Waals surface area (Å²) in [6.45, 7) is 6.26. The molecule has 0 aliphatic heterocycles. The van der Waals surface area contributed by atoms with Crippen LogP contribution in [0.15, 0.2) is 60.2 Å². The molecule has 3 aromatic rings. The van der Waals surface area contributed by atoms with Crippen LogP contribution in [0.5, 0.6) is 11.5 Å². The Bertz CT molecular complexity index is 1200. The second-order valence-corrected chi connectivity index (χ2v) is 7.94. The zero-order chi connectivity index (χ0) is 23.1. The Labute approximate surface area is 193 Å². The molecule has 32 heavy (non-hydrogen) atoms. The Morgan fingerprint density at radius 2 is 1.88 bits per heavy atom. The fraction of sp³-hybridized carbons (Fsp3) is 0.231. The van der Waals surface area contributed by atoms with Crippen molar-refractivity contribution < 1.29 is 14.3 Å². The average Bonchev–Trinajstić information content (AvgIpc) is 2.76. The van der Waals surface area contributed by atoms with E-state index in [0.29, 0.717) is 35.3 Å². The second-order valence-electron chi connectivity index (χ2n) is 7.53. The molecule has 0 aromatic heterocycles. The van der Waals surface area contributed by atoms with Crippen LogP contribution in [0, 0.1) is 11.3 Å². The van der Waals surface area contributed by atoms with E-state index in [1.165, 1.54) is 6.08 Å². The number of hydrogen-bond donors (Lipinski definition) is 1. The SMILES string of the molecule is CCOc1cc(/C=C(/C#N)C(=O)NC(C)C)cc(Cl)c1OCc1ccc2ccccc2c1. The number of benzene rings is 3. The molecule has 0 unspecified atom stereocenters. The van der Waals surface area contributed by atoms with Gasteiger partial charge in [0.2, 0.25) is 0 Å². The number of rotatable bonds is 8. The van der Waals surface area contributed by atoms with E-state index in [0.717, 1.165) is 16.3 Å². The summed E-state index contributed by atoms with van der Waals surface area (Å²) < 4.78 is 11.8. The van der Waals surface area contributed by atoms with Crippen LogP contribution in [0.1, 0.15) is 31.9 Å². The van der Waals surface area contributed by atoms with E-state index in [9.17, 15) is 10.1 Å². The molecule has 164 valence electrons. The van der Waals surface area contributed by atoms with Crippen LogP contribution in [0.4, 0.5) is 0 Å². The van der Waals surface area contributed by atoms with Crippen LogP contribution in [-0.4, -0.2) is 18.6 Å².